The van der Waals surface area contributed by atoms with Crippen LogP contribution in [0.25, 0.3) is 5.52 Å². The van der Waals surface area contributed by atoms with E-state index in [1.54, 1.807) is 0 Å². The van der Waals surface area contributed by atoms with Gasteiger partial charge >= 0.3 is 0 Å². The number of hydrogen-bond donors (Lipinski definition) is 0. The zero-order valence-electron chi connectivity index (χ0n) is 11.8. The average molecular weight is 309 g/mol. The van der Waals surface area contributed by atoms with E-state index < -0.39 is 23.2 Å². The van der Waals surface area contributed by atoms with Gasteiger partial charge in [-0.2, -0.15) is 10.2 Å². The molecule has 0 aliphatic heterocycles. The Hall–Kier alpha value is -3.22. The first-order valence-corrected chi connectivity index (χ1v) is 6.76. The van der Waals surface area contributed by atoms with Crippen LogP contribution in [-0.2, 0) is 0 Å². The average Bonchev–Trinajstić information content (AvgIpc) is 2.90. The molecule has 6 nitrogen and oxygen atoms in total. The smallest absolute Gasteiger partial charge is 0.212 e. The molecule has 112 valence electrons. The van der Waals surface area contributed by atoms with E-state index in [1.165, 1.54) is 42.0 Å². The molecule has 4 rings (SSSR count). The molecule has 0 spiro atoms. The van der Waals surface area contributed by atoms with Crippen LogP contribution in [-0.4, -0.2) is 31.9 Å². The fourth-order valence-electron chi connectivity index (χ4n) is 3.00. The molecule has 7 heteroatoms. The molecular formula is C16H8FN3O3. The van der Waals surface area contributed by atoms with Gasteiger partial charge in [-0.05, 0) is 19.1 Å². The number of nitrogens with zero attached hydrogens (tertiary/aromatic N) is 3. The number of ketones is 3. The van der Waals surface area contributed by atoms with Crippen molar-refractivity contribution in [3.05, 3.63) is 64.5 Å². The predicted octanol–water partition coefficient (Wildman–Crippen LogP) is 1.85. The Morgan fingerprint density at radius 1 is 1.13 bits per heavy atom. The van der Waals surface area contributed by atoms with Crippen molar-refractivity contribution in [3.63, 3.8) is 0 Å². The molecule has 23 heavy (non-hydrogen) atoms. The molecule has 0 N–H and O–H groups in total. The number of pyridine rings is 1. The molecule has 0 fully saturated rings. The maximum atomic E-state index is 14.3. The standard InChI is InChI=1S/C16H8FN3O3/c1-7(21)11-12-14(20-4-2-3-10(17)13(11)20)16(23)9-6-19-18-5-8(9)15(12)22/h2-6H,1H3. The minimum Gasteiger partial charge on any atom is -0.310 e. The lowest BCUT2D eigenvalue weighted by Gasteiger charge is -2.14. The Morgan fingerprint density at radius 3 is 2.43 bits per heavy atom. The highest BCUT2D eigenvalue weighted by molar-refractivity contribution is 6.31. The third-order valence-electron chi connectivity index (χ3n) is 3.92. The van der Waals surface area contributed by atoms with Gasteiger partial charge < -0.3 is 4.40 Å². The van der Waals surface area contributed by atoms with E-state index in [2.05, 4.69) is 10.2 Å². The maximum Gasteiger partial charge on any atom is 0.212 e. The first-order chi connectivity index (χ1) is 11.0. The van der Waals surface area contributed by atoms with Crippen molar-refractivity contribution in [3.8, 4) is 0 Å². The third-order valence-corrected chi connectivity index (χ3v) is 3.92. The summed E-state index contributed by atoms with van der Waals surface area (Å²) in [7, 11) is 0. The Morgan fingerprint density at radius 2 is 1.78 bits per heavy atom. The lowest BCUT2D eigenvalue weighted by atomic mass is 9.87. The van der Waals surface area contributed by atoms with Crippen LogP contribution in [0.3, 0.4) is 0 Å². The highest BCUT2D eigenvalue weighted by Crippen LogP contribution is 2.34. The van der Waals surface area contributed by atoms with Gasteiger partial charge in [-0.3, -0.25) is 14.4 Å². The van der Waals surface area contributed by atoms with Crippen LogP contribution in [0.4, 0.5) is 4.39 Å². The van der Waals surface area contributed by atoms with Gasteiger partial charge in [0.2, 0.25) is 5.78 Å². The summed E-state index contributed by atoms with van der Waals surface area (Å²) >= 11 is 0. The Bertz CT molecular complexity index is 1050. The number of aromatic nitrogens is 3. The fourth-order valence-corrected chi connectivity index (χ4v) is 3.00. The number of carbonyl (C=O) groups excluding carboxylic acids is 3. The largest absolute Gasteiger partial charge is 0.310 e. The second-order valence-corrected chi connectivity index (χ2v) is 5.20. The van der Waals surface area contributed by atoms with E-state index in [1.807, 2.05) is 0 Å². The van der Waals surface area contributed by atoms with Crippen molar-refractivity contribution in [1.29, 1.82) is 0 Å². The molecular weight excluding hydrogens is 301 g/mol. The van der Waals surface area contributed by atoms with Gasteiger partial charge in [0.05, 0.1) is 40.2 Å². The monoisotopic (exact) mass is 309 g/mol. The van der Waals surface area contributed by atoms with E-state index >= 15 is 0 Å². The van der Waals surface area contributed by atoms with E-state index in [0.717, 1.165) is 0 Å². The summed E-state index contributed by atoms with van der Waals surface area (Å²) < 4.78 is 15.5. The van der Waals surface area contributed by atoms with Crippen LogP contribution >= 0.6 is 0 Å². The van der Waals surface area contributed by atoms with Gasteiger partial charge in [-0.15, -0.1) is 0 Å². The van der Waals surface area contributed by atoms with Gasteiger partial charge in [0, 0.05) is 6.20 Å². The lowest BCUT2D eigenvalue weighted by Crippen LogP contribution is -2.23. The highest BCUT2D eigenvalue weighted by atomic mass is 19.1. The predicted molar refractivity (Wildman–Crippen MR) is 76.3 cm³/mol. The van der Waals surface area contributed by atoms with Gasteiger partial charge in [0.15, 0.2) is 11.6 Å². The van der Waals surface area contributed by atoms with Gasteiger partial charge in [0.25, 0.3) is 0 Å². The van der Waals surface area contributed by atoms with Crippen LogP contribution in [0.5, 0.6) is 0 Å². The summed E-state index contributed by atoms with van der Waals surface area (Å²) in [5.41, 5.74) is -0.0878. The molecule has 0 radical (unpaired) electrons. The van der Waals surface area contributed by atoms with Crippen molar-refractivity contribution in [1.82, 2.24) is 14.6 Å². The van der Waals surface area contributed by atoms with Crippen molar-refractivity contribution in [2.24, 2.45) is 0 Å². The number of carbonyl (C=O) groups is 3. The minimum atomic E-state index is -0.673. The van der Waals surface area contributed by atoms with Gasteiger partial charge in [-0.1, -0.05) is 0 Å². The highest BCUT2D eigenvalue weighted by Gasteiger charge is 2.38. The molecule has 0 atom stereocenters. The molecule has 3 aromatic heterocycles. The summed E-state index contributed by atoms with van der Waals surface area (Å²) in [5, 5.41) is 7.23. The minimum absolute atomic E-state index is 0.0183. The quantitative estimate of drug-likeness (QED) is 0.501. The SMILES string of the molecule is CC(=O)c1c2c(n3cccc(F)c13)C(=O)c1cnncc1C2=O. The number of fused-ring (bicyclic) bond motifs is 4. The number of halogens is 1. The van der Waals surface area contributed by atoms with Crippen LogP contribution < -0.4 is 0 Å². The first-order valence-electron chi connectivity index (χ1n) is 6.76. The molecule has 0 unspecified atom stereocenters. The third kappa shape index (κ3) is 1.58. The molecule has 3 heterocycles. The normalized spacial score (nSPS) is 13.1. The fraction of sp³-hybridized carbons (Fsp3) is 0.0625. The first kappa shape index (κ1) is 13.4. The van der Waals surface area contributed by atoms with Crippen LogP contribution in [0.15, 0.2) is 30.7 Å². The van der Waals surface area contributed by atoms with Crippen LogP contribution in [0.1, 0.15) is 49.3 Å². The summed E-state index contributed by atoms with van der Waals surface area (Å²) in [6, 6.07) is 2.59. The summed E-state index contributed by atoms with van der Waals surface area (Å²) in [6.45, 7) is 1.24. The molecule has 0 bridgehead atoms. The molecule has 3 aromatic rings. The summed E-state index contributed by atoms with van der Waals surface area (Å²) in [6.07, 6.45) is 3.83. The summed E-state index contributed by atoms with van der Waals surface area (Å²) in [5.74, 6) is -2.18. The van der Waals surface area contributed by atoms with E-state index in [4.69, 9.17) is 0 Å². The molecule has 0 saturated heterocycles. The number of Topliss-reactive ketones (excluding diaryl/α,β-unsaturated/α-hetero) is 1. The molecule has 1 aliphatic rings. The maximum absolute atomic E-state index is 14.3. The van der Waals surface area contributed by atoms with Gasteiger partial charge in [-0.25, -0.2) is 4.39 Å². The van der Waals surface area contributed by atoms with Crippen molar-refractivity contribution < 1.29 is 18.8 Å². The topological polar surface area (TPSA) is 81.4 Å². The second-order valence-electron chi connectivity index (χ2n) is 5.20. The van der Waals surface area contributed by atoms with E-state index in [0.29, 0.717) is 0 Å². The Kier molecular flexibility index (Phi) is 2.57. The van der Waals surface area contributed by atoms with Crippen molar-refractivity contribution in [2.75, 3.05) is 0 Å². The van der Waals surface area contributed by atoms with Gasteiger partial charge in [0.1, 0.15) is 11.5 Å². The van der Waals surface area contributed by atoms with Crippen molar-refractivity contribution >= 4 is 22.9 Å². The molecule has 0 amide bonds. The van der Waals surface area contributed by atoms with Crippen LogP contribution in [0.2, 0.25) is 0 Å². The zero-order valence-corrected chi connectivity index (χ0v) is 11.8. The number of rotatable bonds is 1. The molecule has 0 aromatic carbocycles. The van der Waals surface area contributed by atoms with Crippen LogP contribution in [0, 0.1) is 5.82 Å². The molecule has 1 aliphatic carbocycles. The number of hydrogen-bond acceptors (Lipinski definition) is 5. The second kappa shape index (κ2) is 4.39. The lowest BCUT2D eigenvalue weighted by molar-refractivity contribution is 0.0966. The van der Waals surface area contributed by atoms with Crippen molar-refractivity contribution in [2.45, 2.75) is 6.92 Å². The van der Waals surface area contributed by atoms with E-state index in [9.17, 15) is 18.8 Å². The molecule has 0 saturated carbocycles. The van der Waals surface area contributed by atoms with E-state index in [-0.39, 0.29) is 33.5 Å². The zero-order chi connectivity index (χ0) is 16.3. The Labute approximate surface area is 128 Å². The Balaban J connectivity index is 2.23. The summed E-state index contributed by atoms with van der Waals surface area (Å²) in [4.78, 5) is 37.5.